The first kappa shape index (κ1) is 40.6. The van der Waals surface area contributed by atoms with E-state index in [0.29, 0.717) is 44.3 Å². The molecule has 18 heteroatoms. The molecule has 6 unspecified atom stereocenters. The summed E-state index contributed by atoms with van der Waals surface area (Å²) in [5.74, 6) is 1.02. The summed E-state index contributed by atoms with van der Waals surface area (Å²) in [5.41, 5.74) is -4.99. The number of fused-ring (bicyclic) bond motifs is 5. The molecule has 1 aromatic rings. The van der Waals surface area contributed by atoms with Gasteiger partial charge in [0.2, 0.25) is 0 Å². The van der Waals surface area contributed by atoms with Crippen molar-refractivity contribution < 1.29 is 68.0 Å². The highest BCUT2D eigenvalue weighted by molar-refractivity contribution is 8.76. The Kier molecular flexibility index (Phi) is 12.4. The van der Waals surface area contributed by atoms with Crippen molar-refractivity contribution in [2.24, 2.45) is 17.3 Å². The number of benzene rings is 1. The number of rotatable bonds is 11. The number of hydrogen-bond donors (Lipinski definition) is 1. The Labute approximate surface area is 297 Å². The Morgan fingerprint density at radius 3 is 2.27 bits per heavy atom. The van der Waals surface area contributed by atoms with E-state index in [1.165, 1.54) is 6.07 Å². The summed E-state index contributed by atoms with van der Waals surface area (Å²) >= 11 is 0. The predicted octanol–water partition coefficient (Wildman–Crippen LogP) is 9.24. The fraction of sp³-hybridized carbons (Fsp3) is 0.788. The summed E-state index contributed by atoms with van der Waals surface area (Å²) in [6.07, 6.45) is -17.0. The highest BCUT2D eigenvalue weighted by Gasteiger charge is 2.85. The lowest BCUT2D eigenvalue weighted by Gasteiger charge is -2.50. The van der Waals surface area contributed by atoms with Gasteiger partial charge in [0.25, 0.3) is 0 Å². The maximum absolute atomic E-state index is 15.6. The molecular formula is C33H41F10NO5S2. The largest absolute Gasteiger partial charge is 0.435 e. The number of aliphatic hydroxyl groups excluding tert-OH is 1. The Hall–Kier alpha value is -1.63. The number of amides is 1. The highest BCUT2D eigenvalue weighted by Crippen LogP contribution is 2.62. The number of nitrogens with zero attached hydrogens (tertiary/aromatic N) is 1. The molecule has 0 radical (unpaired) electrons. The summed E-state index contributed by atoms with van der Waals surface area (Å²) in [4.78, 5) is 14.8. The molecule has 3 fully saturated rings. The van der Waals surface area contributed by atoms with Gasteiger partial charge < -0.3 is 24.2 Å². The molecule has 1 amide bonds. The average molecular weight is 786 g/mol. The first-order chi connectivity index (χ1) is 23.9. The molecule has 6 atom stereocenters. The van der Waals surface area contributed by atoms with E-state index in [9.17, 15) is 49.4 Å². The van der Waals surface area contributed by atoms with Gasteiger partial charge in [-0.25, -0.2) is 9.18 Å². The van der Waals surface area contributed by atoms with Crippen LogP contribution >= 0.6 is 21.6 Å². The van der Waals surface area contributed by atoms with Gasteiger partial charge in [0.15, 0.2) is 11.6 Å². The minimum atomic E-state index is -6.78. The highest BCUT2D eigenvalue weighted by atomic mass is 33.1. The summed E-state index contributed by atoms with van der Waals surface area (Å²) in [7, 11) is 3.37. The fourth-order valence-corrected chi connectivity index (χ4v) is 11.1. The molecule has 1 heterocycles. The Balaban J connectivity index is 1.20. The molecule has 0 aromatic heterocycles. The Morgan fingerprint density at radius 1 is 0.941 bits per heavy atom. The number of hydrogen-bond acceptors (Lipinski definition) is 7. The standard InChI is InChI=1S/C33H41F10NO5S2/c1-29-10-8-21-22(24(29)6-7-27(29)47-13-3-14-48-30(31(35,36)37,32(38,39)40)33(41,42)43)5-4-19-16-26(25(34)17-23(19)21)49-28(46)44(11-2-12-45)20-9-15-50-51-18-20/h16-17,20-22,24,27,45H,2-15,18H2,1H3. The van der Waals surface area contributed by atoms with Gasteiger partial charge in [-0.05, 0) is 104 Å². The monoisotopic (exact) mass is 785 g/mol. The van der Waals surface area contributed by atoms with Gasteiger partial charge in [-0.3, -0.25) is 0 Å². The van der Waals surface area contributed by atoms with Crippen molar-refractivity contribution in [2.45, 2.75) is 107 Å². The van der Waals surface area contributed by atoms with Crippen molar-refractivity contribution >= 4 is 27.7 Å². The fourth-order valence-electron chi connectivity index (χ4n) is 8.63. The van der Waals surface area contributed by atoms with Crippen molar-refractivity contribution in [3.63, 3.8) is 0 Å². The van der Waals surface area contributed by atoms with E-state index in [0.717, 1.165) is 29.7 Å². The van der Waals surface area contributed by atoms with Crippen LogP contribution in [0, 0.1) is 23.1 Å². The number of halogens is 10. The lowest BCUT2D eigenvalue weighted by atomic mass is 9.55. The molecule has 1 N–H and O–H groups in total. The predicted molar refractivity (Wildman–Crippen MR) is 170 cm³/mol. The van der Waals surface area contributed by atoms with Crippen molar-refractivity contribution in [3.8, 4) is 5.75 Å². The maximum Gasteiger partial charge on any atom is 0.435 e. The zero-order chi connectivity index (χ0) is 37.4. The molecule has 0 bridgehead atoms. The molecule has 6 nitrogen and oxygen atoms in total. The summed E-state index contributed by atoms with van der Waals surface area (Å²) in [6.45, 7) is 0.327. The number of aliphatic hydroxyl groups is 1. The van der Waals surface area contributed by atoms with Crippen LogP contribution < -0.4 is 4.74 Å². The second kappa shape index (κ2) is 15.6. The third-order valence-electron chi connectivity index (χ3n) is 11.1. The molecule has 3 aliphatic carbocycles. The first-order valence-electron chi connectivity index (χ1n) is 17.0. The van der Waals surface area contributed by atoms with E-state index in [1.54, 1.807) is 32.6 Å². The molecule has 1 aromatic carbocycles. The number of alkyl halides is 9. The third-order valence-corrected chi connectivity index (χ3v) is 13.6. The van der Waals surface area contributed by atoms with Crippen molar-refractivity contribution in [2.75, 3.05) is 37.9 Å². The van der Waals surface area contributed by atoms with Gasteiger partial charge in [0.05, 0.1) is 12.7 Å². The van der Waals surface area contributed by atoms with Crippen LogP contribution in [0.25, 0.3) is 0 Å². The van der Waals surface area contributed by atoms with E-state index in [4.69, 9.17) is 9.47 Å². The molecule has 2 saturated carbocycles. The molecule has 0 spiro atoms. The van der Waals surface area contributed by atoms with Crippen LogP contribution in [0.1, 0.15) is 75.3 Å². The van der Waals surface area contributed by atoms with Crippen LogP contribution in [0.3, 0.4) is 0 Å². The summed E-state index contributed by atoms with van der Waals surface area (Å²) in [5, 5.41) is 9.34. The minimum absolute atomic E-state index is 0.0104. The van der Waals surface area contributed by atoms with Gasteiger partial charge in [0, 0.05) is 37.3 Å². The second-order valence-electron chi connectivity index (χ2n) is 13.9. The van der Waals surface area contributed by atoms with E-state index in [-0.39, 0.29) is 42.7 Å². The van der Waals surface area contributed by atoms with Gasteiger partial charge >= 0.3 is 30.2 Å². The Bertz CT molecular complexity index is 1340. The number of aryl methyl sites for hydroxylation is 1. The Morgan fingerprint density at radius 2 is 1.65 bits per heavy atom. The van der Waals surface area contributed by atoms with E-state index < -0.39 is 67.2 Å². The van der Waals surface area contributed by atoms with Gasteiger partial charge in [0.1, 0.15) is 0 Å². The minimum Gasteiger partial charge on any atom is -0.407 e. The average Bonchev–Trinajstić information content (AvgIpc) is 3.38. The number of carbonyl (C=O) groups excluding carboxylic acids is 1. The molecule has 1 aliphatic heterocycles. The van der Waals surface area contributed by atoms with E-state index in [1.807, 2.05) is 6.92 Å². The van der Waals surface area contributed by atoms with E-state index in [2.05, 4.69) is 4.74 Å². The van der Waals surface area contributed by atoms with Gasteiger partial charge in [-0.1, -0.05) is 28.5 Å². The molecular weight excluding hydrogens is 744 g/mol. The lowest BCUT2D eigenvalue weighted by Crippen LogP contribution is -2.67. The van der Waals surface area contributed by atoms with Crippen molar-refractivity contribution in [1.82, 2.24) is 4.90 Å². The van der Waals surface area contributed by atoms with Crippen molar-refractivity contribution in [1.29, 1.82) is 0 Å². The van der Waals surface area contributed by atoms with Crippen LogP contribution in [0.4, 0.5) is 48.7 Å². The zero-order valence-corrected chi connectivity index (χ0v) is 29.4. The number of carbonyl (C=O) groups is 1. The molecule has 51 heavy (non-hydrogen) atoms. The summed E-state index contributed by atoms with van der Waals surface area (Å²) in [6, 6.07) is 2.95. The molecule has 4 aliphatic rings. The maximum atomic E-state index is 15.6. The molecule has 290 valence electrons. The topological polar surface area (TPSA) is 68.2 Å². The SMILES string of the molecule is CC12CCC3c4cc(F)c(OC(=O)N(CCCO)C5CCSSC5)cc4CCC3C1CCC2OCCCOC(C(F)(F)F)(C(F)(F)F)C(F)(F)F. The number of ether oxygens (including phenoxy) is 3. The van der Waals surface area contributed by atoms with Crippen LogP contribution in [0.2, 0.25) is 0 Å². The molecule has 5 rings (SSSR count). The quantitative estimate of drug-likeness (QED) is 0.136. The normalized spacial score (nSPS) is 28.5. The van der Waals surface area contributed by atoms with Crippen molar-refractivity contribution in [3.05, 3.63) is 29.1 Å². The second-order valence-corrected chi connectivity index (χ2v) is 16.6. The lowest BCUT2D eigenvalue weighted by molar-refractivity contribution is -0.457. The first-order valence-corrected chi connectivity index (χ1v) is 19.5. The smallest absolute Gasteiger partial charge is 0.407 e. The third kappa shape index (κ3) is 7.95. The van der Waals surface area contributed by atoms with Crippen LogP contribution in [-0.2, 0) is 15.9 Å². The van der Waals surface area contributed by atoms with Gasteiger partial charge in [-0.15, -0.1) is 0 Å². The zero-order valence-electron chi connectivity index (χ0n) is 27.8. The van der Waals surface area contributed by atoms with Crippen LogP contribution in [0.5, 0.6) is 5.75 Å². The van der Waals surface area contributed by atoms with Crippen LogP contribution in [-0.4, -0.2) is 90.2 Å². The van der Waals surface area contributed by atoms with E-state index >= 15 is 4.39 Å². The summed E-state index contributed by atoms with van der Waals surface area (Å²) < 4.78 is 149. The van der Waals surface area contributed by atoms with Gasteiger partial charge in [-0.2, -0.15) is 39.5 Å². The molecule has 1 saturated heterocycles. The van der Waals surface area contributed by atoms with Crippen LogP contribution in [0.15, 0.2) is 12.1 Å².